The number of carbonyl (C=O) groups is 1. The molecule has 1 aliphatic heterocycles. The van der Waals surface area contributed by atoms with Gasteiger partial charge in [-0.3, -0.25) is 9.59 Å². The lowest BCUT2D eigenvalue weighted by Crippen LogP contribution is -2.50. The molecule has 116 valence electrons. The Morgan fingerprint density at radius 1 is 1.45 bits per heavy atom. The predicted octanol–water partition coefficient (Wildman–Crippen LogP) is 1.16. The quantitative estimate of drug-likeness (QED) is 0.871. The third kappa shape index (κ3) is 2.50. The fourth-order valence-corrected chi connectivity index (χ4v) is 3.10. The molecule has 6 heteroatoms. The summed E-state index contributed by atoms with van der Waals surface area (Å²) in [6.07, 6.45) is 1.87. The van der Waals surface area contributed by atoms with Crippen molar-refractivity contribution in [2.45, 2.75) is 25.8 Å². The lowest BCUT2D eigenvalue weighted by molar-refractivity contribution is 0.0348. The molecule has 2 aromatic rings. The number of benzene rings is 1. The maximum Gasteiger partial charge on any atom is 0.290 e. The molecular formula is C16H19N3O3. The first kappa shape index (κ1) is 14.7. The molecule has 1 saturated heterocycles. The van der Waals surface area contributed by atoms with E-state index >= 15 is 0 Å². The molecule has 22 heavy (non-hydrogen) atoms. The smallest absolute Gasteiger partial charge is 0.290 e. The molecular weight excluding hydrogens is 282 g/mol. The Morgan fingerprint density at radius 2 is 2.23 bits per heavy atom. The van der Waals surface area contributed by atoms with Crippen LogP contribution >= 0.6 is 0 Å². The third-order valence-electron chi connectivity index (χ3n) is 4.38. The molecule has 0 radical (unpaired) electrons. The number of aliphatic hydroxyl groups is 1. The van der Waals surface area contributed by atoms with E-state index in [0.717, 1.165) is 12.8 Å². The van der Waals surface area contributed by atoms with Crippen LogP contribution in [0, 0.1) is 5.92 Å². The number of para-hydroxylation sites is 1. The van der Waals surface area contributed by atoms with E-state index in [4.69, 9.17) is 0 Å². The summed E-state index contributed by atoms with van der Waals surface area (Å²) < 4.78 is 0. The van der Waals surface area contributed by atoms with E-state index in [1.807, 2.05) is 6.92 Å². The van der Waals surface area contributed by atoms with E-state index in [1.165, 1.54) is 0 Å². The predicted molar refractivity (Wildman–Crippen MR) is 82.7 cm³/mol. The number of piperidine rings is 1. The van der Waals surface area contributed by atoms with Crippen LogP contribution in [0.5, 0.6) is 0 Å². The third-order valence-corrected chi connectivity index (χ3v) is 4.38. The minimum absolute atomic E-state index is 0.0382. The summed E-state index contributed by atoms with van der Waals surface area (Å²) in [5.74, 6) is -0.0559. The van der Waals surface area contributed by atoms with Crippen molar-refractivity contribution in [3.05, 3.63) is 40.4 Å². The van der Waals surface area contributed by atoms with E-state index in [-0.39, 0.29) is 35.9 Å². The van der Waals surface area contributed by atoms with Crippen LogP contribution in [-0.2, 0) is 0 Å². The summed E-state index contributed by atoms with van der Waals surface area (Å²) in [5, 5.41) is 10.0. The molecule has 2 atom stereocenters. The van der Waals surface area contributed by atoms with Gasteiger partial charge in [0.05, 0.1) is 23.6 Å². The second-order valence-electron chi connectivity index (χ2n) is 5.80. The van der Waals surface area contributed by atoms with Crippen LogP contribution in [0.2, 0.25) is 0 Å². The lowest BCUT2D eigenvalue weighted by Gasteiger charge is -2.38. The van der Waals surface area contributed by atoms with Crippen molar-refractivity contribution in [2.24, 2.45) is 5.92 Å². The highest BCUT2D eigenvalue weighted by Gasteiger charge is 2.32. The highest BCUT2D eigenvalue weighted by molar-refractivity contribution is 5.93. The summed E-state index contributed by atoms with van der Waals surface area (Å²) in [5.41, 5.74) is 0.180. The van der Waals surface area contributed by atoms with Crippen molar-refractivity contribution >= 4 is 16.8 Å². The summed E-state index contributed by atoms with van der Waals surface area (Å²) in [4.78, 5) is 33.2. The Kier molecular flexibility index (Phi) is 3.94. The van der Waals surface area contributed by atoms with Gasteiger partial charge in [0.15, 0.2) is 5.82 Å². The van der Waals surface area contributed by atoms with E-state index in [9.17, 15) is 14.7 Å². The van der Waals surface area contributed by atoms with E-state index in [0.29, 0.717) is 17.4 Å². The molecule has 0 saturated carbocycles. The molecule has 1 amide bonds. The lowest BCUT2D eigenvalue weighted by atomic mass is 9.91. The van der Waals surface area contributed by atoms with Gasteiger partial charge in [-0.2, -0.15) is 0 Å². The Bertz CT molecular complexity index is 756. The van der Waals surface area contributed by atoms with Gasteiger partial charge in [-0.15, -0.1) is 0 Å². The van der Waals surface area contributed by atoms with Crippen LogP contribution in [0.3, 0.4) is 0 Å². The standard InChI is InChI=1S/C16H19N3O3/c1-10-5-4-8-19(13(10)9-20)16(22)14-17-12-7-3-2-6-11(12)15(21)18-14/h2-3,6-7,10,13,20H,4-5,8-9H2,1H3,(H,17,18,21). The van der Waals surface area contributed by atoms with E-state index < -0.39 is 0 Å². The molecule has 1 aromatic carbocycles. The van der Waals surface area contributed by atoms with Crippen molar-refractivity contribution in [3.63, 3.8) is 0 Å². The average Bonchev–Trinajstić information content (AvgIpc) is 2.54. The van der Waals surface area contributed by atoms with Gasteiger partial charge in [0.1, 0.15) is 0 Å². The molecule has 3 rings (SSSR count). The number of fused-ring (bicyclic) bond motifs is 1. The van der Waals surface area contributed by atoms with E-state index in [2.05, 4.69) is 9.97 Å². The first-order valence-corrected chi connectivity index (χ1v) is 7.52. The summed E-state index contributed by atoms with van der Waals surface area (Å²) in [6, 6.07) is 6.70. The Labute approximate surface area is 127 Å². The number of amides is 1. The van der Waals surface area contributed by atoms with Crippen LogP contribution in [0.25, 0.3) is 10.9 Å². The number of likely N-dealkylation sites (tertiary alicyclic amines) is 1. The summed E-state index contributed by atoms with van der Waals surface area (Å²) in [7, 11) is 0. The number of rotatable bonds is 2. The second-order valence-corrected chi connectivity index (χ2v) is 5.80. The largest absolute Gasteiger partial charge is 0.394 e. The van der Waals surface area contributed by atoms with Crippen LogP contribution in [0.15, 0.2) is 29.1 Å². The summed E-state index contributed by atoms with van der Waals surface area (Å²) in [6.45, 7) is 2.52. The second kappa shape index (κ2) is 5.88. The van der Waals surface area contributed by atoms with Crippen LogP contribution in [0.4, 0.5) is 0 Å². The summed E-state index contributed by atoms with van der Waals surface area (Å²) >= 11 is 0. The highest BCUT2D eigenvalue weighted by atomic mass is 16.3. The molecule has 2 N–H and O–H groups in total. The monoisotopic (exact) mass is 301 g/mol. The first-order chi connectivity index (χ1) is 10.6. The molecule has 1 aliphatic rings. The number of hydrogen-bond donors (Lipinski definition) is 2. The minimum atomic E-state index is -0.326. The van der Waals surface area contributed by atoms with Gasteiger partial charge >= 0.3 is 0 Å². The molecule has 0 bridgehead atoms. The van der Waals surface area contributed by atoms with Crippen LogP contribution in [0.1, 0.15) is 30.4 Å². The zero-order valence-electron chi connectivity index (χ0n) is 12.5. The number of aromatic amines is 1. The van der Waals surface area contributed by atoms with Crippen molar-refractivity contribution in [1.29, 1.82) is 0 Å². The maximum absolute atomic E-state index is 12.7. The van der Waals surface area contributed by atoms with E-state index in [1.54, 1.807) is 29.2 Å². The first-order valence-electron chi connectivity index (χ1n) is 7.52. The van der Waals surface area contributed by atoms with Gasteiger partial charge in [-0.05, 0) is 30.9 Å². The number of nitrogens with zero attached hydrogens (tertiary/aromatic N) is 2. The van der Waals surface area contributed by atoms with Crippen molar-refractivity contribution in [1.82, 2.24) is 14.9 Å². The molecule has 2 unspecified atom stereocenters. The topological polar surface area (TPSA) is 86.3 Å². The zero-order chi connectivity index (χ0) is 15.7. The SMILES string of the molecule is CC1CCCN(C(=O)c2nc3ccccc3c(=O)[nH]2)C1CO. The van der Waals surface area contributed by atoms with Gasteiger partial charge in [0.25, 0.3) is 11.5 Å². The van der Waals surface area contributed by atoms with Crippen molar-refractivity contribution in [3.8, 4) is 0 Å². The Hall–Kier alpha value is -2.21. The molecule has 0 spiro atoms. The number of aliphatic hydroxyl groups excluding tert-OH is 1. The number of H-pyrrole nitrogens is 1. The zero-order valence-corrected chi connectivity index (χ0v) is 12.5. The van der Waals surface area contributed by atoms with Gasteiger partial charge < -0.3 is 15.0 Å². The Balaban J connectivity index is 1.99. The van der Waals surface area contributed by atoms with Gasteiger partial charge in [-0.25, -0.2) is 4.98 Å². The van der Waals surface area contributed by atoms with Crippen LogP contribution < -0.4 is 5.56 Å². The number of aromatic nitrogens is 2. The maximum atomic E-state index is 12.7. The highest BCUT2D eigenvalue weighted by Crippen LogP contribution is 2.24. The van der Waals surface area contributed by atoms with Gasteiger partial charge in [0.2, 0.25) is 0 Å². The Morgan fingerprint density at radius 3 is 3.00 bits per heavy atom. The fraction of sp³-hybridized carbons (Fsp3) is 0.438. The molecule has 1 fully saturated rings. The molecule has 6 nitrogen and oxygen atoms in total. The normalized spacial score (nSPS) is 22.0. The van der Waals surface area contributed by atoms with Crippen molar-refractivity contribution in [2.75, 3.05) is 13.2 Å². The molecule has 1 aromatic heterocycles. The molecule has 2 heterocycles. The fourth-order valence-electron chi connectivity index (χ4n) is 3.10. The van der Waals surface area contributed by atoms with Crippen LogP contribution in [-0.4, -0.2) is 45.1 Å². The van der Waals surface area contributed by atoms with Gasteiger partial charge in [0, 0.05) is 6.54 Å². The number of carbonyl (C=O) groups excluding carboxylic acids is 1. The van der Waals surface area contributed by atoms with Crippen molar-refractivity contribution < 1.29 is 9.90 Å². The molecule has 0 aliphatic carbocycles. The minimum Gasteiger partial charge on any atom is -0.394 e. The van der Waals surface area contributed by atoms with Gasteiger partial charge in [-0.1, -0.05) is 19.1 Å². The number of hydrogen-bond acceptors (Lipinski definition) is 4. The average molecular weight is 301 g/mol. The number of nitrogens with one attached hydrogen (secondary N) is 1.